The fourth-order valence-corrected chi connectivity index (χ4v) is 1.59. The minimum absolute atomic E-state index is 0.0756. The van der Waals surface area contributed by atoms with Crippen LogP contribution in [0.5, 0.6) is 0 Å². The van der Waals surface area contributed by atoms with E-state index < -0.39 is 5.97 Å². The van der Waals surface area contributed by atoms with Crippen LogP contribution in [0.15, 0.2) is 34.3 Å². The Bertz CT molecular complexity index is 696. The van der Waals surface area contributed by atoms with Crippen molar-refractivity contribution in [1.82, 2.24) is 4.98 Å². The first kappa shape index (κ1) is 12.4. The molecule has 19 heavy (non-hydrogen) atoms. The first-order valence-electron chi connectivity index (χ1n) is 5.25. The molecule has 1 aromatic heterocycles. The summed E-state index contributed by atoms with van der Waals surface area (Å²) in [6, 6.07) is 6.55. The Morgan fingerprint density at radius 1 is 1.21 bits per heavy atom. The number of carboxylic acid groups (broad SMARTS) is 1. The lowest BCUT2D eigenvalue weighted by Gasteiger charge is -1.96. The monoisotopic (exact) mass is 260 g/mol. The third-order valence-electron chi connectivity index (χ3n) is 2.32. The van der Waals surface area contributed by atoms with E-state index in [0.717, 1.165) is 0 Å². The van der Waals surface area contributed by atoms with Crippen molar-refractivity contribution in [3.63, 3.8) is 0 Å². The zero-order valence-corrected chi connectivity index (χ0v) is 9.79. The fourth-order valence-electron chi connectivity index (χ4n) is 1.59. The van der Waals surface area contributed by atoms with Crippen LogP contribution in [0.1, 0.15) is 10.5 Å². The molecule has 98 valence electrons. The molecule has 1 heterocycles. The highest BCUT2D eigenvalue weighted by Gasteiger charge is 2.07. The molecule has 8 N–H and O–H groups in total. The molecule has 8 nitrogen and oxygen atoms in total. The SMILES string of the molecule is NC(N)=NC(N)=Nc1ccc2[nH]c(C(=O)O)cc2c1. The average molecular weight is 260 g/mol. The molecular formula is C11H12N6O2. The predicted octanol–water partition coefficient (Wildman–Crippen LogP) is 0.0857. The molecule has 0 spiro atoms. The van der Waals surface area contributed by atoms with Crippen LogP contribution in [0.3, 0.4) is 0 Å². The van der Waals surface area contributed by atoms with Crippen LogP contribution >= 0.6 is 0 Å². The van der Waals surface area contributed by atoms with E-state index in [1.165, 1.54) is 6.07 Å². The largest absolute Gasteiger partial charge is 0.477 e. The Morgan fingerprint density at radius 2 is 1.95 bits per heavy atom. The number of nitrogens with zero attached hydrogens (tertiary/aromatic N) is 2. The summed E-state index contributed by atoms with van der Waals surface area (Å²) in [6.45, 7) is 0. The summed E-state index contributed by atoms with van der Waals surface area (Å²) in [5, 5.41) is 9.58. The van der Waals surface area contributed by atoms with Crippen LogP contribution in [0, 0.1) is 0 Å². The molecule has 2 aromatic rings. The molecule has 8 heteroatoms. The van der Waals surface area contributed by atoms with Gasteiger partial charge in [0.25, 0.3) is 0 Å². The fraction of sp³-hybridized carbons (Fsp3) is 0. The summed E-state index contributed by atoms with van der Waals surface area (Å²) >= 11 is 0. The number of guanidine groups is 2. The quantitative estimate of drug-likeness (QED) is 0.382. The van der Waals surface area contributed by atoms with E-state index in [-0.39, 0.29) is 17.6 Å². The maximum absolute atomic E-state index is 10.8. The van der Waals surface area contributed by atoms with Gasteiger partial charge in [0.2, 0.25) is 5.96 Å². The van der Waals surface area contributed by atoms with Gasteiger partial charge in [0.05, 0.1) is 5.69 Å². The summed E-state index contributed by atoms with van der Waals surface area (Å²) in [4.78, 5) is 21.2. The van der Waals surface area contributed by atoms with E-state index in [9.17, 15) is 4.79 Å². The molecule has 0 radical (unpaired) electrons. The number of carbonyl (C=O) groups is 1. The van der Waals surface area contributed by atoms with E-state index in [0.29, 0.717) is 16.6 Å². The number of aromatic amines is 1. The molecule has 0 fully saturated rings. The highest BCUT2D eigenvalue weighted by molar-refractivity contribution is 5.96. The summed E-state index contributed by atoms with van der Waals surface area (Å²) in [5.41, 5.74) is 17.2. The topological polar surface area (TPSA) is 156 Å². The van der Waals surface area contributed by atoms with Crippen molar-refractivity contribution >= 4 is 34.5 Å². The summed E-state index contributed by atoms with van der Waals surface area (Å²) in [6.07, 6.45) is 0. The van der Waals surface area contributed by atoms with Crippen molar-refractivity contribution in [1.29, 1.82) is 0 Å². The molecule has 0 atom stereocenters. The van der Waals surface area contributed by atoms with Crippen LogP contribution in [0.25, 0.3) is 10.9 Å². The van der Waals surface area contributed by atoms with Gasteiger partial charge in [-0.25, -0.2) is 9.79 Å². The number of rotatable bonds is 2. The summed E-state index contributed by atoms with van der Waals surface area (Å²) in [5.74, 6) is -1.29. The zero-order chi connectivity index (χ0) is 14.0. The van der Waals surface area contributed by atoms with Crippen LogP contribution in [-0.4, -0.2) is 28.0 Å². The summed E-state index contributed by atoms with van der Waals surface area (Å²) in [7, 11) is 0. The molecule has 1 aromatic carbocycles. The number of fused-ring (bicyclic) bond motifs is 1. The van der Waals surface area contributed by atoms with Gasteiger partial charge in [0.1, 0.15) is 5.69 Å². The smallest absolute Gasteiger partial charge is 0.352 e. The minimum atomic E-state index is -1.03. The van der Waals surface area contributed by atoms with Crippen LogP contribution in [0.4, 0.5) is 5.69 Å². The van der Waals surface area contributed by atoms with Gasteiger partial charge in [-0.1, -0.05) is 0 Å². The van der Waals surface area contributed by atoms with Crippen molar-refractivity contribution in [2.75, 3.05) is 0 Å². The highest BCUT2D eigenvalue weighted by Crippen LogP contribution is 2.22. The number of aromatic nitrogens is 1. The predicted molar refractivity (Wildman–Crippen MR) is 72.4 cm³/mol. The zero-order valence-electron chi connectivity index (χ0n) is 9.79. The number of aliphatic imine (C=N–C) groups is 2. The normalized spacial score (nSPS) is 11.5. The lowest BCUT2D eigenvalue weighted by Crippen LogP contribution is -2.26. The van der Waals surface area contributed by atoms with Crippen molar-refractivity contribution < 1.29 is 9.90 Å². The molecular weight excluding hydrogens is 248 g/mol. The van der Waals surface area contributed by atoms with Gasteiger partial charge in [-0.3, -0.25) is 0 Å². The van der Waals surface area contributed by atoms with Gasteiger partial charge in [-0.05, 0) is 24.3 Å². The van der Waals surface area contributed by atoms with Gasteiger partial charge in [-0.15, -0.1) is 0 Å². The number of benzene rings is 1. The number of carboxylic acids is 1. The van der Waals surface area contributed by atoms with Crippen molar-refractivity contribution in [3.05, 3.63) is 30.0 Å². The van der Waals surface area contributed by atoms with Gasteiger partial charge >= 0.3 is 5.97 Å². The minimum Gasteiger partial charge on any atom is -0.477 e. The molecule has 0 amide bonds. The maximum Gasteiger partial charge on any atom is 0.352 e. The Morgan fingerprint density at radius 3 is 2.58 bits per heavy atom. The van der Waals surface area contributed by atoms with Crippen molar-refractivity contribution in [2.24, 2.45) is 27.2 Å². The van der Waals surface area contributed by atoms with E-state index in [1.807, 2.05) is 0 Å². The second kappa shape index (κ2) is 4.69. The van der Waals surface area contributed by atoms with E-state index in [4.69, 9.17) is 22.3 Å². The maximum atomic E-state index is 10.8. The Hall–Kier alpha value is -3.03. The standard InChI is InChI=1S/C11H12N6O2/c12-10(13)17-11(14)15-6-1-2-7-5(3-6)4-8(16-7)9(18)19/h1-4,16H,(H,18,19)(H6,12,13,14,15,17). The molecule has 0 aliphatic rings. The lowest BCUT2D eigenvalue weighted by atomic mass is 10.2. The second-order valence-electron chi connectivity index (χ2n) is 3.77. The summed E-state index contributed by atoms with van der Waals surface area (Å²) < 4.78 is 0. The molecule has 0 unspecified atom stereocenters. The van der Waals surface area contributed by atoms with Crippen LogP contribution < -0.4 is 17.2 Å². The number of nitrogens with one attached hydrogen (secondary N) is 1. The average Bonchev–Trinajstić information content (AvgIpc) is 2.70. The molecule has 0 saturated carbocycles. The third kappa shape index (κ3) is 2.80. The first-order chi connectivity index (χ1) is 8.95. The number of hydrogen-bond acceptors (Lipinski definition) is 2. The van der Waals surface area contributed by atoms with E-state index in [1.54, 1.807) is 18.2 Å². The molecule has 0 saturated heterocycles. The Balaban J connectivity index is 2.41. The number of hydrogen-bond donors (Lipinski definition) is 5. The molecule has 0 aliphatic carbocycles. The van der Waals surface area contributed by atoms with E-state index in [2.05, 4.69) is 15.0 Å². The number of H-pyrrole nitrogens is 1. The van der Waals surface area contributed by atoms with Crippen LogP contribution in [0.2, 0.25) is 0 Å². The Kier molecular flexibility index (Phi) is 3.06. The molecule has 0 aliphatic heterocycles. The third-order valence-corrected chi connectivity index (χ3v) is 2.32. The lowest BCUT2D eigenvalue weighted by molar-refractivity contribution is 0.0691. The molecule has 0 bridgehead atoms. The Labute approximate surface area is 107 Å². The highest BCUT2D eigenvalue weighted by atomic mass is 16.4. The van der Waals surface area contributed by atoms with Crippen molar-refractivity contribution in [2.45, 2.75) is 0 Å². The first-order valence-corrected chi connectivity index (χ1v) is 5.25. The van der Waals surface area contributed by atoms with Gasteiger partial charge < -0.3 is 27.3 Å². The van der Waals surface area contributed by atoms with E-state index >= 15 is 0 Å². The van der Waals surface area contributed by atoms with Crippen molar-refractivity contribution in [3.8, 4) is 0 Å². The number of aromatic carboxylic acids is 1. The van der Waals surface area contributed by atoms with Crippen LogP contribution in [-0.2, 0) is 0 Å². The molecule has 2 rings (SSSR count). The number of nitrogens with two attached hydrogens (primary N) is 3. The van der Waals surface area contributed by atoms with Gasteiger partial charge in [0.15, 0.2) is 5.96 Å². The second-order valence-corrected chi connectivity index (χ2v) is 3.77. The van der Waals surface area contributed by atoms with Gasteiger partial charge in [-0.2, -0.15) is 4.99 Å². The van der Waals surface area contributed by atoms with Gasteiger partial charge in [0, 0.05) is 10.9 Å².